The fraction of sp³-hybridized carbons (Fsp3) is 0.394. The highest BCUT2D eigenvalue weighted by molar-refractivity contribution is 6.34. The van der Waals surface area contributed by atoms with Gasteiger partial charge < -0.3 is 29.5 Å². The highest BCUT2D eigenvalue weighted by Gasteiger charge is 2.18. The molecule has 0 aliphatic rings. The molecule has 0 bridgehead atoms. The van der Waals surface area contributed by atoms with Crippen LogP contribution in [0.25, 0.3) is 0 Å². The molecule has 8 nitrogen and oxygen atoms in total. The molecule has 232 valence electrons. The number of hydrogen-bond donors (Lipinski definition) is 2. The number of unbranched alkanes of at least 4 members (excludes halogenated alkanes) is 1. The number of rotatable bonds is 17. The molecule has 3 aromatic rings. The van der Waals surface area contributed by atoms with Gasteiger partial charge >= 0.3 is 12.0 Å². The maximum Gasteiger partial charge on any atom is 0.333 e. The van der Waals surface area contributed by atoms with E-state index in [1.54, 1.807) is 42.2 Å². The van der Waals surface area contributed by atoms with E-state index in [4.69, 9.17) is 37.4 Å². The van der Waals surface area contributed by atoms with Gasteiger partial charge in [-0.3, -0.25) is 0 Å². The van der Waals surface area contributed by atoms with Crippen LogP contribution in [0.1, 0.15) is 50.7 Å². The zero-order valence-corrected chi connectivity index (χ0v) is 26.4. The van der Waals surface area contributed by atoms with Gasteiger partial charge in [-0.05, 0) is 79.3 Å². The van der Waals surface area contributed by atoms with Gasteiger partial charge in [0.15, 0.2) is 6.10 Å². The lowest BCUT2D eigenvalue weighted by molar-refractivity contribution is -0.149. The van der Waals surface area contributed by atoms with Crippen LogP contribution in [0.4, 0.5) is 10.5 Å². The van der Waals surface area contributed by atoms with Crippen LogP contribution in [-0.2, 0) is 16.0 Å². The standard InChI is InChI=1S/C33H40Cl2N2O6/c1-4-41-31(32(38)39)19-24-7-13-29(14-8-24)43-18-16-37(33(40)36-28-11-9-25(10-12-28)23(2)3)15-5-6-17-42-30-21-26(34)20-27(35)22-30/h7-14,20-23,31H,4-6,15-19H2,1-3H3,(H,36,40)(H,38,39). The number of ether oxygens (including phenoxy) is 3. The van der Waals surface area contributed by atoms with Crippen LogP contribution in [0.2, 0.25) is 10.0 Å². The Morgan fingerprint density at radius 2 is 1.51 bits per heavy atom. The van der Waals surface area contributed by atoms with Crippen molar-refractivity contribution in [1.29, 1.82) is 0 Å². The van der Waals surface area contributed by atoms with E-state index in [0.717, 1.165) is 17.7 Å². The van der Waals surface area contributed by atoms with Crippen molar-refractivity contribution >= 4 is 40.9 Å². The number of carboxylic acids is 1. The summed E-state index contributed by atoms with van der Waals surface area (Å²) in [6, 6.07) is 19.9. The van der Waals surface area contributed by atoms with Crippen molar-refractivity contribution in [3.8, 4) is 11.5 Å². The van der Waals surface area contributed by atoms with Gasteiger partial charge in [0.1, 0.15) is 18.1 Å². The summed E-state index contributed by atoms with van der Waals surface area (Å²) in [5.41, 5.74) is 2.76. The molecule has 0 radical (unpaired) electrons. The molecule has 1 atom stereocenters. The number of anilines is 1. The lowest BCUT2D eigenvalue weighted by Crippen LogP contribution is -2.38. The third-order valence-electron chi connectivity index (χ3n) is 6.66. The third kappa shape index (κ3) is 12.0. The number of nitrogens with zero attached hydrogens (tertiary/aromatic N) is 1. The molecule has 0 aliphatic carbocycles. The van der Waals surface area contributed by atoms with Gasteiger partial charge in [0.2, 0.25) is 0 Å². The molecule has 0 heterocycles. The highest BCUT2D eigenvalue weighted by Crippen LogP contribution is 2.24. The zero-order chi connectivity index (χ0) is 31.2. The van der Waals surface area contributed by atoms with E-state index >= 15 is 0 Å². The van der Waals surface area contributed by atoms with Gasteiger partial charge in [-0.1, -0.05) is 61.3 Å². The van der Waals surface area contributed by atoms with Crippen molar-refractivity contribution < 1.29 is 28.9 Å². The number of amides is 2. The number of carboxylic acid groups (broad SMARTS) is 1. The molecule has 1 unspecified atom stereocenters. The van der Waals surface area contributed by atoms with Crippen molar-refractivity contribution in [3.05, 3.63) is 87.9 Å². The Kier molecular flexibility index (Phi) is 13.9. The lowest BCUT2D eigenvalue weighted by Gasteiger charge is -2.23. The average molecular weight is 632 g/mol. The summed E-state index contributed by atoms with van der Waals surface area (Å²) < 4.78 is 17.0. The summed E-state index contributed by atoms with van der Waals surface area (Å²) >= 11 is 12.1. The molecule has 2 amide bonds. The van der Waals surface area contributed by atoms with Crippen LogP contribution in [0.5, 0.6) is 11.5 Å². The molecule has 2 N–H and O–H groups in total. The van der Waals surface area contributed by atoms with E-state index < -0.39 is 12.1 Å². The van der Waals surface area contributed by atoms with Crippen LogP contribution in [-0.4, -0.2) is 61.0 Å². The Morgan fingerprint density at radius 1 is 0.860 bits per heavy atom. The van der Waals surface area contributed by atoms with Gasteiger partial charge in [0.05, 0.1) is 13.2 Å². The summed E-state index contributed by atoms with van der Waals surface area (Å²) in [5, 5.41) is 13.3. The van der Waals surface area contributed by atoms with E-state index in [-0.39, 0.29) is 19.1 Å². The van der Waals surface area contributed by atoms with E-state index in [0.29, 0.717) is 60.2 Å². The van der Waals surface area contributed by atoms with E-state index in [1.807, 2.05) is 36.4 Å². The summed E-state index contributed by atoms with van der Waals surface area (Å²) in [4.78, 5) is 26.3. The minimum atomic E-state index is -0.989. The van der Waals surface area contributed by atoms with E-state index in [1.165, 1.54) is 5.56 Å². The largest absolute Gasteiger partial charge is 0.493 e. The van der Waals surface area contributed by atoms with Crippen molar-refractivity contribution in [1.82, 2.24) is 4.90 Å². The second kappa shape index (κ2) is 17.6. The number of carbonyl (C=O) groups is 2. The molecular weight excluding hydrogens is 591 g/mol. The second-order valence-corrected chi connectivity index (χ2v) is 11.2. The molecular formula is C33H40Cl2N2O6. The number of aliphatic carboxylic acids is 1. The maximum absolute atomic E-state index is 13.2. The van der Waals surface area contributed by atoms with Gasteiger partial charge in [-0.15, -0.1) is 0 Å². The number of nitrogens with one attached hydrogen (secondary N) is 1. The molecule has 0 saturated heterocycles. The van der Waals surface area contributed by atoms with Crippen molar-refractivity contribution in [2.24, 2.45) is 0 Å². The summed E-state index contributed by atoms with van der Waals surface area (Å²) in [7, 11) is 0. The predicted octanol–water partition coefficient (Wildman–Crippen LogP) is 7.92. The smallest absolute Gasteiger partial charge is 0.333 e. The molecule has 0 aliphatic heterocycles. The van der Waals surface area contributed by atoms with Crippen molar-refractivity contribution in [2.45, 2.75) is 52.1 Å². The van der Waals surface area contributed by atoms with Crippen LogP contribution >= 0.6 is 23.2 Å². The molecule has 0 aromatic heterocycles. The quantitative estimate of drug-likeness (QED) is 0.147. The minimum Gasteiger partial charge on any atom is -0.493 e. The van der Waals surface area contributed by atoms with Gasteiger partial charge in [0.25, 0.3) is 0 Å². The monoisotopic (exact) mass is 630 g/mol. The molecule has 3 rings (SSSR count). The normalized spacial score (nSPS) is 11.7. The van der Waals surface area contributed by atoms with Crippen LogP contribution < -0.4 is 14.8 Å². The molecule has 10 heteroatoms. The molecule has 3 aromatic carbocycles. The first-order chi connectivity index (χ1) is 20.6. The Labute approximate surface area is 263 Å². The SMILES string of the molecule is CCOC(Cc1ccc(OCCN(CCCCOc2cc(Cl)cc(Cl)c2)C(=O)Nc2ccc(C(C)C)cc2)cc1)C(=O)O. The first-order valence-corrected chi connectivity index (χ1v) is 15.2. The Balaban J connectivity index is 1.55. The summed E-state index contributed by atoms with van der Waals surface area (Å²) in [6.07, 6.45) is 0.814. The fourth-order valence-corrected chi connectivity index (χ4v) is 4.81. The molecule has 0 spiro atoms. The van der Waals surface area contributed by atoms with Crippen LogP contribution in [0.15, 0.2) is 66.7 Å². The maximum atomic E-state index is 13.2. The van der Waals surface area contributed by atoms with Crippen LogP contribution in [0, 0.1) is 0 Å². The molecule has 0 saturated carbocycles. The number of halogens is 2. The summed E-state index contributed by atoms with van der Waals surface area (Å²) in [6.45, 7) is 7.96. The van der Waals surface area contributed by atoms with Crippen molar-refractivity contribution in [2.75, 3.05) is 38.2 Å². The van der Waals surface area contributed by atoms with Gasteiger partial charge in [-0.2, -0.15) is 0 Å². The first kappa shape index (κ1) is 34.0. The minimum absolute atomic E-state index is 0.213. The highest BCUT2D eigenvalue weighted by atomic mass is 35.5. The predicted molar refractivity (Wildman–Crippen MR) is 171 cm³/mol. The van der Waals surface area contributed by atoms with Crippen molar-refractivity contribution in [3.63, 3.8) is 0 Å². The topological polar surface area (TPSA) is 97.3 Å². The molecule has 0 fully saturated rings. The third-order valence-corrected chi connectivity index (χ3v) is 7.10. The average Bonchev–Trinajstić information content (AvgIpc) is 2.96. The zero-order valence-electron chi connectivity index (χ0n) is 24.9. The Bertz CT molecular complexity index is 1280. The number of carbonyl (C=O) groups excluding carboxylic acids is 1. The van der Waals surface area contributed by atoms with E-state index in [9.17, 15) is 14.7 Å². The number of benzene rings is 3. The van der Waals surface area contributed by atoms with E-state index in [2.05, 4.69) is 19.2 Å². The fourth-order valence-electron chi connectivity index (χ4n) is 4.30. The number of urea groups is 1. The molecule has 43 heavy (non-hydrogen) atoms. The lowest BCUT2D eigenvalue weighted by atomic mass is 10.0. The van der Waals surface area contributed by atoms with Gasteiger partial charge in [0, 0.05) is 35.3 Å². The Morgan fingerprint density at radius 3 is 2.12 bits per heavy atom. The second-order valence-electron chi connectivity index (χ2n) is 10.3. The number of hydrogen-bond acceptors (Lipinski definition) is 5. The first-order valence-electron chi connectivity index (χ1n) is 14.5. The Hall–Kier alpha value is -3.46. The summed E-state index contributed by atoms with van der Waals surface area (Å²) in [5.74, 6) is 0.649. The van der Waals surface area contributed by atoms with Gasteiger partial charge in [-0.25, -0.2) is 9.59 Å². The van der Waals surface area contributed by atoms with Crippen LogP contribution in [0.3, 0.4) is 0 Å².